The lowest BCUT2D eigenvalue weighted by molar-refractivity contribution is -0.120. The van der Waals surface area contributed by atoms with Crippen molar-refractivity contribution < 1.29 is 36.0 Å². The zero-order chi connectivity index (χ0) is 28.2. The Kier molecular flexibility index (Phi) is 6.38. The number of halogens is 4. The van der Waals surface area contributed by atoms with Gasteiger partial charge in [-0.25, -0.2) is 18.1 Å². The average molecular weight is 579 g/mol. The van der Waals surface area contributed by atoms with Gasteiger partial charge in [0.1, 0.15) is 5.54 Å². The van der Waals surface area contributed by atoms with Crippen LogP contribution in [0.15, 0.2) is 71.9 Å². The van der Waals surface area contributed by atoms with Crippen LogP contribution in [0.3, 0.4) is 0 Å². The number of hydrogen-bond donors (Lipinski definition) is 1. The molecule has 0 atom stereocenters. The van der Waals surface area contributed by atoms with E-state index in [0.717, 1.165) is 17.0 Å². The van der Waals surface area contributed by atoms with E-state index < -0.39 is 43.6 Å². The van der Waals surface area contributed by atoms with E-state index in [1.807, 2.05) is 0 Å². The predicted octanol–water partition coefficient (Wildman–Crippen LogP) is 4.78. The Morgan fingerprint density at radius 3 is 2.26 bits per heavy atom. The van der Waals surface area contributed by atoms with E-state index in [4.69, 9.17) is 11.6 Å². The highest BCUT2D eigenvalue weighted by atomic mass is 35.5. The van der Waals surface area contributed by atoms with Gasteiger partial charge in [-0.05, 0) is 73.0 Å². The highest BCUT2D eigenvalue weighted by Crippen LogP contribution is 2.50. The van der Waals surface area contributed by atoms with Crippen molar-refractivity contribution in [3.8, 4) is 0 Å². The van der Waals surface area contributed by atoms with Crippen molar-refractivity contribution in [2.75, 3.05) is 10.2 Å². The van der Waals surface area contributed by atoms with Gasteiger partial charge in [-0.1, -0.05) is 11.6 Å². The molecule has 14 heteroatoms. The molecule has 1 N–H and O–H groups in total. The zero-order valence-electron chi connectivity index (χ0n) is 19.8. The minimum atomic E-state index is -5.59. The van der Waals surface area contributed by atoms with Crippen LogP contribution in [0, 0.1) is 0 Å². The van der Waals surface area contributed by atoms with Gasteiger partial charge in [0.15, 0.2) is 0 Å². The molecule has 1 aliphatic carbocycles. The fourth-order valence-electron chi connectivity index (χ4n) is 4.31. The highest BCUT2D eigenvalue weighted by Gasteiger charge is 2.65. The monoisotopic (exact) mass is 578 g/mol. The van der Waals surface area contributed by atoms with E-state index >= 15 is 0 Å². The first-order chi connectivity index (χ1) is 18.3. The Bertz CT molecular complexity index is 1590. The third-order valence-electron chi connectivity index (χ3n) is 6.57. The summed E-state index contributed by atoms with van der Waals surface area (Å²) in [5, 5.41) is 3.20. The summed E-state index contributed by atoms with van der Waals surface area (Å²) in [4.78, 5) is 44.6. The molecule has 3 aromatic rings. The Labute approximate surface area is 225 Å². The maximum atomic E-state index is 13.4. The van der Waals surface area contributed by atoms with Crippen molar-refractivity contribution >= 4 is 50.7 Å². The molecule has 2 aliphatic rings. The Hall–Kier alpha value is -3.97. The third kappa shape index (κ3) is 4.61. The van der Waals surface area contributed by atoms with E-state index in [1.54, 1.807) is 30.3 Å². The molecule has 5 rings (SSSR count). The molecule has 0 unspecified atom stereocenters. The molecule has 0 radical (unpaired) electrons. The molecule has 1 saturated carbocycles. The summed E-state index contributed by atoms with van der Waals surface area (Å²) in [6, 6.07) is 10.4. The predicted molar refractivity (Wildman–Crippen MR) is 134 cm³/mol. The smallest absolute Gasteiger partial charge is 0.320 e. The van der Waals surface area contributed by atoms with Crippen molar-refractivity contribution in [1.29, 1.82) is 0 Å². The van der Waals surface area contributed by atoms with Crippen LogP contribution in [0.2, 0.25) is 5.02 Å². The van der Waals surface area contributed by atoms with Crippen molar-refractivity contribution in [2.24, 2.45) is 0 Å². The number of pyridine rings is 1. The van der Waals surface area contributed by atoms with Crippen molar-refractivity contribution in [3.05, 3.63) is 83.1 Å². The second kappa shape index (κ2) is 9.35. The fourth-order valence-corrected chi connectivity index (χ4v) is 5.20. The molecule has 0 bridgehead atoms. The SMILES string of the molecule is O=C(Nc1cnccc1CN1C(=O)N(c2ccc(S(=O)(=O)C(F)(F)F)cc2)C(=O)C12CC2)c1ccc(Cl)cc1. The number of urea groups is 1. The minimum absolute atomic E-state index is 0.0640. The quantitative estimate of drug-likeness (QED) is 0.421. The van der Waals surface area contributed by atoms with E-state index in [1.165, 1.54) is 17.3 Å². The van der Waals surface area contributed by atoms with Gasteiger partial charge in [-0.3, -0.25) is 14.6 Å². The molecule has 1 spiro atoms. The Morgan fingerprint density at radius 1 is 1.03 bits per heavy atom. The number of carbonyl (C=O) groups is 3. The van der Waals surface area contributed by atoms with Gasteiger partial charge >= 0.3 is 11.5 Å². The number of alkyl halides is 3. The second-order valence-electron chi connectivity index (χ2n) is 8.98. The number of aromatic nitrogens is 1. The van der Waals surface area contributed by atoms with Gasteiger partial charge in [0.25, 0.3) is 21.7 Å². The van der Waals surface area contributed by atoms with Gasteiger partial charge in [0.2, 0.25) is 0 Å². The first-order valence-electron chi connectivity index (χ1n) is 11.4. The number of carbonyl (C=O) groups excluding carboxylic acids is 3. The number of benzene rings is 2. The summed E-state index contributed by atoms with van der Waals surface area (Å²) in [5.74, 6) is -1.01. The summed E-state index contributed by atoms with van der Waals surface area (Å²) in [6.45, 7) is -0.0691. The Morgan fingerprint density at radius 2 is 1.67 bits per heavy atom. The van der Waals surface area contributed by atoms with Crippen molar-refractivity contribution in [2.45, 2.75) is 35.3 Å². The lowest BCUT2D eigenvalue weighted by atomic mass is 10.1. The first-order valence-corrected chi connectivity index (χ1v) is 13.3. The first kappa shape index (κ1) is 26.6. The molecule has 2 aromatic carbocycles. The van der Waals surface area contributed by atoms with Crippen LogP contribution in [0.4, 0.5) is 29.3 Å². The van der Waals surface area contributed by atoms with Crippen LogP contribution in [0.25, 0.3) is 0 Å². The molecule has 2 fully saturated rings. The lowest BCUT2D eigenvalue weighted by Gasteiger charge is -2.22. The van der Waals surface area contributed by atoms with Gasteiger partial charge in [-0.2, -0.15) is 13.2 Å². The maximum absolute atomic E-state index is 13.4. The van der Waals surface area contributed by atoms with Crippen molar-refractivity contribution in [3.63, 3.8) is 0 Å². The standard InChI is InChI=1S/C25H18ClF3N4O5S/c26-17-3-1-15(2-4-17)21(34)31-20-13-30-12-9-16(20)14-32-23(36)33(22(35)24(32)10-11-24)18-5-7-19(8-6-18)39(37,38)25(27,28)29/h1-9,12-13H,10-11,14H2,(H,31,34). The number of rotatable bonds is 6. The van der Waals surface area contributed by atoms with Crippen LogP contribution in [0.5, 0.6) is 0 Å². The van der Waals surface area contributed by atoms with E-state index in [0.29, 0.717) is 46.8 Å². The van der Waals surface area contributed by atoms with Gasteiger partial charge in [0, 0.05) is 16.8 Å². The van der Waals surface area contributed by atoms with Gasteiger partial charge in [0.05, 0.1) is 29.0 Å². The van der Waals surface area contributed by atoms with Gasteiger partial charge in [-0.15, -0.1) is 0 Å². The topological polar surface area (TPSA) is 117 Å². The third-order valence-corrected chi connectivity index (χ3v) is 8.32. The molecular formula is C25H18ClF3N4O5S. The van der Waals surface area contributed by atoms with E-state index in [-0.39, 0.29) is 12.2 Å². The van der Waals surface area contributed by atoms with Gasteiger partial charge < -0.3 is 10.2 Å². The lowest BCUT2D eigenvalue weighted by Crippen LogP contribution is -2.36. The van der Waals surface area contributed by atoms with Crippen LogP contribution in [-0.2, 0) is 21.2 Å². The number of anilines is 2. The summed E-state index contributed by atoms with van der Waals surface area (Å²) < 4.78 is 62.0. The molecular weight excluding hydrogens is 561 g/mol. The zero-order valence-corrected chi connectivity index (χ0v) is 21.3. The van der Waals surface area contributed by atoms with Crippen LogP contribution < -0.4 is 10.2 Å². The molecule has 1 aliphatic heterocycles. The minimum Gasteiger partial charge on any atom is -0.320 e. The normalized spacial score (nSPS) is 16.6. The van der Waals surface area contributed by atoms with Crippen LogP contribution in [-0.4, -0.2) is 47.2 Å². The number of imide groups is 1. The molecule has 2 heterocycles. The fraction of sp³-hybridized carbons (Fsp3) is 0.200. The number of nitrogens with zero attached hydrogens (tertiary/aromatic N) is 3. The largest absolute Gasteiger partial charge is 0.501 e. The summed E-state index contributed by atoms with van der Waals surface area (Å²) >= 11 is 5.87. The summed E-state index contributed by atoms with van der Waals surface area (Å²) in [7, 11) is -5.59. The maximum Gasteiger partial charge on any atom is 0.501 e. The second-order valence-corrected chi connectivity index (χ2v) is 11.4. The van der Waals surface area contributed by atoms with E-state index in [2.05, 4.69) is 10.3 Å². The molecule has 202 valence electrons. The number of nitrogens with one attached hydrogen (secondary N) is 1. The molecule has 39 heavy (non-hydrogen) atoms. The number of hydrogen-bond acceptors (Lipinski definition) is 6. The summed E-state index contributed by atoms with van der Waals surface area (Å²) in [5.41, 5.74) is -5.56. The van der Waals surface area contributed by atoms with Crippen LogP contribution >= 0.6 is 11.6 Å². The molecule has 1 saturated heterocycles. The van der Waals surface area contributed by atoms with Crippen molar-refractivity contribution in [1.82, 2.24) is 9.88 Å². The van der Waals surface area contributed by atoms with Crippen LogP contribution in [0.1, 0.15) is 28.8 Å². The molecule has 9 nitrogen and oxygen atoms in total. The summed E-state index contributed by atoms with van der Waals surface area (Å²) in [6.07, 6.45) is 3.60. The number of amides is 4. The molecule has 1 aromatic heterocycles. The van der Waals surface area contributed by atoms with E-state index in [9.17, 15) is 36.0 Å². The average Bonchev–Trinajstić information content (AvgIpc) is 3.66. The highest BCUT2D eigenvalue weighted by molar-refractivity contribution is 7.92. The molecule has 4 amide bonds. The number of sulfone groups is 1. The Balaban J connectivity index is 1.40.